The fourth-order valence-corrected chi connectivity index (χ4v) is 3.19. The molecule has 0 spiro atoms. The molecule has 5 nitrogen and oxygen atoms in total. The van der Waals surface area contributed by atoms with Gasteiger partial charge in [0.2, 0.25) is 0 Å². The van der Waals surface area contributed by atoms with Crippen molar-refractivity contribution < 1.29 is 18.0 Å². The minimum absolute atomic E-state index is 0.0216. The lowest BCUT2D eigenvalue weighted by Gasteiger charge is -2.33. The van der Waals surface area contributed by atoms with Gasteiger partial charge >= 0.3 is 6.18 Å². The van der Waals surface area contributed by atoms with Crippen LogP contribution in [0.1, 0.15) is 47.9 Å². The van der Waals surface area contributed by atoms with Gasteiger partial charge in [-0.05, 0) is 24.1 Å². The van der Waals surface area contributed by atoms with Gasteiger partial charge in [0, 0.05) is 23.5 Å². The minimum Gasteiger partial charge on any atom is -0.363 e. The number of alkyl halides is 3. The molecule has 3 rings (SSSR count). The van der Waals surface area contributed by atoms with Crippen molar-refractivity contribution >= 4 is 27.7 Å². The highest BCUT2D eigenvalue weighted by Gasteiger charge is 2.46. The highest BCUT2D eigenvalue weighted by Crippen LogP contribution is 2.43. The van der Waals surface area contributed by atoms with Gasteiger partial charge in [0.25, 0.3) is 5.91 Å². The number of hydrogen-bond donors (Lipinski definition) is 2. The van der Waals surface area contributed by atoms with E-state index in [1.807, 2.05) is 6.92 Å². The quantitative estimate of drug-likeness (QED) is 0.753. The number of anilines is 1. The van der Waals surface area contributed by atoms with Gasteiger partial charge in [0.15, 0.2) is 11.7 Å². The van der Waals surface area contributed by atoms with Crippen molar-refractivity contribution in [2.24, 2.45) is 0 Å². The Bertz CT molecular complexity index is 788. The summed E-state index contributed by atoms with van der Waals surface area (Å²) < 4.78 is 42.5. The van der Waals surface area contributed by atoms with Crippen molar-refractivity contribution in [2.45, 2.75) is 38.0 Å². The first-order chi connectivity index (χ1) is 12.3. The predicted molar refractivity (Wildman–Crippen MR) is 95.1 cm³/mol. The first-order valence-corrected chi connectivity index (χ1v) is 9.05. The molecule has 0 unspecified atom stereocenters. The number of carbonyl (C=O) groups is 1. The second-order valence-electron chi connectivity index (χ2n) is 6.16. The van der Waals surface area contributed by atoms with Gasteiger partial charge in [-0.1, -0.05) is 35.0 Å². The summed E-state index contributed by atoms with van der Waals surface area (Å²) in [5.41, 5.74) is 0.721. The second kappa shape index (κ2) is 7.30. The molecule has 1 aromatic heterocycles. The standard InChI is InChI=1S/C17H18BrF3N4O/c1-2-7-22-16(26)13-9-15-23-12(10-3-5-11(18)6-4-10)8-14(17(19,20)21)25(15)24-13/h3-6,9,12,14,23H,2,7-8H2,1H3,(H,22,26)/t12-,14+/m0/s1. The summed E-state index contributed by atoms with van der Waals surface area (Å²) in [5, 5.41) is 9.61. The zero-order valence-electron chi connectivity index (χ0n) is 14.0. The molecule has 140 valence electrons. The predicted octanol–water partition coefficient (Wildman–Crippen LogP) is 4.45. The Balaban J connectivity index is 1.93. The molecule has 9 heteroatoms. The molecular formula is C17H18BrF3N4O. The Hall–Kier alpha value is -2.03. The van der Waals surface area contributed by atoms with Crippen molar-refractivity contribution in [3.63, 3.8) is 0 Å². The van der Waals surface area contributed by atoms with Crippen LogP contribution in [-0.4, -0.2) is 28.4 Å². The van der Waals surface area contributed by atoms with Crippen LogP contribution < -0.4 is 10.6 Å². The average molecular weight is 431 g/mol. The van der Waals surface area contributed by atoms with Gasteiger partial charge in [0.1, 0.15) is 5.82 Å². The first-order valence-electron chi connectivity index (χ1n) is 8.26. The molecule has 0 saturated carbocycles. The van der Waals surface area contributed by atoms with E-state index >= 15 is 0 Å². The Kier molecular flexibility index (Phi) is 5.27. The zero-order chi connectivity index (χ0) is 18.9. The van der Waals surface area contributed by atoms with Gasteiger partial charge in [-0.3, -0.25) is 4.79 Å². The van der Waals surface area contributed by atoms with Crippen LogP contribution in [0.15, 0.2) is 34.8 Å². The third-order valence-corrected chi connectivity index (χ3v) is 4.76. The smallest absolute Gasteiger partial charge is 0.363 e. The fourth-order valence-electron chi connectivity index (χ4n) is 2.93. The maximum atomic E-state index is 13.6. The van der Waals surface area contributed by atoms with Crippen LogP contribution >= 0.6 is 15.9 Å². The summed E-state index contributed by atoms with van der Waals surface area (Å²) in [6.07, 6.45) is -3.93. The summed E-state index contributed by atoms with van der Waals surface area (Å²) >= 11 is 3.32. The SMILES string of the molecule is CCCNC(=O)c1cc2n(n1)[C@@H](C(F)(F)F)C[C@@H](c1ccc(Br)cc1)N2. The largest absolute Gasteiger partial charge is 0.410 e. The Morgan fingerprint density at radius 1 is 1.38 bits per heavy atom. The van der Waals surface area contributed by atoms with E-state index in [2.05, 4.69) is 31.7 Å². The summed E-state index contributed by atoms with van der Waals surface area (Å²) in [4.78, 5) is 12.1. The molecule has 0 radical (unpaired) electrons. The summed E-state index contributed by atoms with van der Waals surface area (Å²) in [6.45, 7) is 2.33. The van der Waals surface area contributed by atoms with Crippen LogP contribution in [0.3, 0.4) is 0 Å². The van der Waals surface area contributed by atoms with Crippen molar-refractivity contribution in [2.75, 3.05) is 11.9 Å². The van der Waals surface area contributed by atoms with E-state index in [1.165, 1.54) is 6.07 Å². The van der Waals surface area contributed by atoms with Gasteiger partial charge in [-0.15, -0.1) is 0 Å². The van der Waals surface area contributed by atoms with E-state index < -0.39 is 24.2 Å². The third-order valence-electron chi connectivity index (χ3n) is 4.23. The number of nitrogens with zero attached hydrogens (tertiary/aromatic N) is 2. The molecule has 0 saturated heterocycles. The molecule has 0 fully saturated rings. The molecule has 1 aliphatic heterocycles. The Morgan fingerprint density at radius 3 is 2.69 bits per heavy atom. The number of rotatable bonds is 4. The maximum Gasteiger partial charge on any atom is 0.410 e. The summed E-state index contributed by atoms with van der Waals surface area (Å²) in [6, 6.07) is 6.18. The first kappa shape index (κ1) is 18.8. The molecule has 26 heavy (non-hydrogen) atoms. The van der Waals surface area contributed by atoms with Gasteiger partial charge < -0.3 is 10.6 Å². The molecule has 2 N–H and O–H groups in total. The monoisotopic (exact) mass is 430 g/mol. The van der Waals surface area contributed by atoms with Crippen LogP contribution in [0.2, 0.25) is 0 Å². The van der Waals surface area contributed by atoms with Gasteiger partial charge in [-0.25, -0.2) is 4.68 Å². The lowest BCUT2D eigenvalue weighted by molar-refractivity contribution is -0.173. The van der Waals surface area contributed by atoms with E-state index in [-0.39, 0.29) is 17.9 Å². The van der Waals surface area contributed by atoms with E-state index in [0.29, 0.717) is 6.54 Å². The van der Waals surface area contributed by atoms with Crippen LogP contribution in [0, 0.1) is 0 Å². The number of halogens is 4. The third kappa shape index (κ3) is 3.87. The number of fused-ring (bicyclic) bond motifs is 1. The molecule has 1 aromatic carbocycles. The molecular weight excluding hydrogens is 413 g/mol. The summed E-state index contributed by atoms with van der Waals surface area (Å²) in [7, 11) is 0. The number of hydrogen-bond acceptors (Lipinski definition) is 3. The molecule has 2 heterocycles. The lowest BCUT2D eigenvalue weighted by atomic mass is 9.97. The Morgan fingerprint density at radius 2 is 2.08 bits per heavy atom. The van der Waals surface area contributed by atoms with Crippen molar-refractivity contribution in [3.8, 4) is 0 Å². The van der Waals surface area contributed by atoms with Crippen LogP contribution in [-0.2, 0) is 0 Å². The number of nitrogens with one attached hydrogen (secondary N) is 2. The van der Waals surface area contributed by atoms with Crippen LogP contribution in [0.4, 0.5) is 19.0 Å². The highest BCUT2D eigenvalue weighted by atomic mass is 79.9. The topological polar surface area (TPSA) is 59.0 Å². The summed E-state index contributed by atoms with van der Waals surface area (Å²) in [5.74, 6) is -0.287. The van der Waals surface area contributed by atoms with Crippen LogP contribution in [0.25, 0.3) is 0 Å². The highest BCUT2D eigenvalue weighted by molar-refractivity contribution is 9.10. The average Bonchev–Trinajstić information content (AvgIpc) is 3.02. The van der Waals surface area contributed by atoms with E-state index in [1.54, 1.807) is 24.3 Å². The fraction of sp³-hybridized carbons (Fsp3) is 0.412. The molecule has 1 amide bonds. The molecule has 1 aliphatic rings. The second-order valence-corrected chi connectivity index (χ2v) is 7.07. The number of carbonyl (C=O) groups excluding carboxylic acids is 1. The van der Waals surface area contributed by atoms with Gasteiger partial charge in [0.05, 0.1) is 6.04 Å². The molecule has 2 atom stereocenters. The van der Waals surface area contributed by atoms with Crippen molar-refractivity contribution in [1.29, 1.82) is 0 Å². The van der Waals surface area contributed by atoms with E-state index in [9.17, 15) is 18.0 Å². The van der Waals surface area contributed by atoms with E-state index in [0.717, 1.165) is 21.1 Å². The Labute approximate surface area is 157 Å². The number of aromatic nitrogens is 2. The molecule has 0 aliphatic carbocycles. The molecule has 2 aromatic rings. The lowest BCUT2D eigenvalue weighted by Crippen LogP contribution is -2.35. The van der Waals surface area contributed by atoms with Gasteiger partial charge in [-0.2, -0.15) is 18.3 Å². The normalized spacial score (nSPS) is 19.6. The van der Waals surface area contributed by atoms with Crippen molar-refractivity contribution in [1.82, 2.24) is 15.1 Å². The number of amides is 1. The zero-order valence-corrected chi connectivity index (χ0v) is 15.6. The number of benzene rings is 1. The minimum atomic E-state index is -4.46. The van der Waals surface area contributed by atoms with E-state index in [4.69, 9.17) is 0 Å². The van der Waals surface area contributed by atoms with Crippen molar-refractivity contribution in [3.05, 3.63) is 46.1 Å². The van der Waals surface area contributed by atoms with Crippen LogP contribution in [0.5, 0.6) is 0 Å². The molecule has 0 bridgehead atoms. The maximum absolute atomic E-state index is 13.6.